The normalized spacial score (nSPS) is 35.5. The predicted octanol–water partition coefficient (Wildman–Crippen LogP) is 0.766. The molecule has 0 aromatic rings. The standard InChI is InChI=1S/C12H19NO4/c1-8-6-7-16-12(15)5-3-10-9(17-10)2-4-11(14)13-8/h8-10H,2-7H2,1H3,(H,13,14)/t8?,9-,10-/m0/s1. The summed E-state index contributed by atoms with van der Waals surface area (Å²) < 4.78 is 10.5. The Morgan fingerprint density at radius 2 is 1.82 bits per heavy atom. The number of epoxide rings is 1. The van der Waals surface area contributed by atoms with Crippen molar-refractivity contribution in [1.82, 2.24) is 5.32 Å². The molecule has 2 aliphatic heterocycles. The summed E-state index contributed by atoms with van der Waals surface area (Å²) in [5, 5.41) is 2.89. The summed E-state index contributed by atoms with van der Waals surface area (Å²) in [7, 11) is 0. The number of nitrogens with one attached hydrogen (secondary N) is 1. The Hall–Kier alpha value is -1.10. The van der Waals surface area contributed by atoms with Crippen LogP contribution in [0.2, 0.25) is 0 Å². The molecule has 2 aliphatic rings. The molecule has 2 heterocycles. The maximum Gasteiger partial charge on any atom is 0.305 e. The lowest BCUT2D eigenvalue weighted by Gasteiger charge is -2.13. The fourth-order valence-electron chi connectivity index (χ4n) is 2.06. The van der Waals surface area contributed by atoms with Crippen LogP contribution < -0.4 is 5.32 Å². The van der Waals surface area contributed by atoms with Crippen LogP contribution in [0.1, 0.15) is 39.0 Å². The molecular weight excluding hydrogens is 222 g/mol. The zero-order valence-electron chi connectivity index (χ0n) is 10.1. The van der Waals surface area contributed by atoms with Gasteiger partial charge in [0.25, 0.3) is 0 Å². The quantitative estimate of drug-likeness (QED) is 0.502. The molecule has 0 spiro atoms. The highest BCUT2D eigenvalue weighted by atomic mass is 16.6. The van der Waals surface area contributed by atoms with Crippen molar-refractivity contribution in [3.05, 3.63) is 0 Å². The number of esters is 1. The van der Waals surface area contributed by atoms with Crippen molar-refractivity contribution in [2.75, 3.05) is 6.61 Å². The molecule has 2 saturated heterocycles. The zero-order valence-corrected chi connectivity index (χ0v) is 10.1. The lowest BCUT2D eigenvalue weighted by Crippen LogP contribution is -2.33. The summed E-state index contributed by atoms with van der Waals surface area (Å²) >= 11 is 0. The van der Waals surface area contributed by atoms with Gasteiger partial charge >= 0.3 is 5.97 Å². The van der Waals surface area contributed by atoms with Crippen LogP contribution in [0.15, 0.2) is 0 Å². The van der Waals surface area contributed by atoms with Crippen molar-refractivity contribution < 1.29 is 19.1 Å². The first-order valence-corrected chi connectivity index (χ1v) is 6.25. The van der Waals surface area contributed by atoms with E-state index in [2.05, 4.69) is 5.32 Å². The van der Waals surface area contributed by atoms with Crippen molar-refractivity contribution >= 4 is 11.9 Å². The molecule has 3 atom stereocenters. The molecule has 96 valence electrons. The van der Waals surface area contributed by atoms with Crippen LogP contribution >= 0.6 is 0 Å². The molecule has 2 fully saturated rings. The van der Waals surface area contributed by atoms with Gasteiger partial charge in [-0.05, 0) is 19.8 Å². The lowest BCUT2D eigenvalue weighted by molar-refractivity contribution is -0.144. The number of hydrogen-bond donors (Lipinski definition) is 1. The molecule has 5 heteroatoms. The van der Waals surface area contributed by atoms with E-state index in [0.29, 0.717) is 32.3 Å². The number of carbonyl (C=O) groups excluding carboxylic acids is 2. The molecule has 0 radical (unpaired) electrons. The number of amides is 1. The van der Waals surface area contributed by atoms with Crippen LogP contribution in [-0.2, 0) is 19.1 Å². The van der Waals surface area contributed by atoms with E-state index < -0.39 is 0 Å². The molecule has 0 aliphatic carbocycles. The van der Waals surface area contributed by atoms with E-state index in [1.807, 2.05) is 6.92 Å². The number of hydrogen-bond acceptors (Lipinski definition) is 4. The van der Waals surface area contributed by atoms with Gasteiger partial charge in [-0.2, -0.15) is 0 Å². The van der Waals surface area contributed by atoms with Gasteiger partial charge < -0.3 is 14.8 Å². The molecule has 0 aromatic carbocycles. The van der Waals surface area contributed by atoms with E-state index in [0.717, 1.165) is 6.42 Å². The number of carbonyl (C=O) groups is 2. The van der Waals surface area contributed by atoms with Crippen molar-refractivity contribution in [3.8, 4) is 0 Å². The second kappa shape index (κ2) is 5.49. The first kappa shape index (κ1) is 12.4. The van der Waals surface area contributed by atoms with Crippen molar-refractivity contribution in [2.45, 2.75) is 57.3 Å². The molecule has 1 N–H and O–H groups in total. The summed E-state index contributed by atoms with van der Waals surface area (Å²) in [4.78, 5) is 22.9. The van der Waals surface area contributed by atoms with E-state index in [1.165, 1.54) is 0 Å². The van der Waals surface area contributed by atoms with E-state index >= 15 is 0 Å². The van der Waals surface area contributed by atoms with Crippen molar-refractivity contribution in [3.63, 3.8) is 0 Å². The fraction of sp³-hybridized carbons (Fsp3) is 0.833. The van der Waals surface area contributed by atoms with E-state index in [1.54, 1.807) is 0 Å². The highest BCUT2D eigenvalue weighted by molar-refractivity contribution is 5.76. The Bertz CT molecular complexity index is 305. The number of fused-ring (bicyclic) bond motifs is 1. The molecular formula is C12H19NO4. The minimum atomic E-state index is -0.169. The number of rotatable bonds is 0. The molecule has 2 rings (SSSR count). The number of ether oxygens (including phenoxy) is 2. The first-order chi connectivity index (χ1) is 8.15. The predicted molar refractivity (Wildman–Crippen MR) is 60.3 cm³/mol. The van der Waals surface area contributed by atoms with Crippen LogP contribution in [0.5, 0.6) is 0 Å². The second-order valence-electron chi connectivity index (χ2n) is 4.77. The van der Waals surface area contributed by atoms with Gasteiger partial charge in [-0.1, -0.05) is 0 Å². The largest absolute Gasteiger partial charge is 0.466 e. The van der Waals surface area contributed by atoms with Crippen molar-refractivity contribution in [1.29, 1.82) is 0 Å². The van der Waals surface area contributed by atoms with Crippen LogP contribution in [0.3, 0.4) is 0 Å². The summed E-state index contributed by atoms with van der Waals surface area (Å²) in [6.45, 7) is 2.29. The number of cyclic esters (lactones) is 1. The Labute approximate surface area is 101 Å². The minimum Gasteiger partial charge on any atom is -0.466 e. The second-order valence-corrected chi connectivity index (χ2v) is 4.77. The highest BCUT2D eigenvalue weighted by Gasteiger charge is 2.38. The van der Waals surface area contributed by atoms with Crippen LogP contribution in [0.25, 0.3) is 0 Å². The topological polar surface area (TPSA) is 67.9 Å². The Morgan fingerprint density at radius 1 is 1.12 bits per heavy atom. The summed E-state index contributed by atoms with van der Waals surface area (Å²) in [5.74, 6) is -0.116. The first-order valence-electron chi connectivity index (χ1n) is 6.25. The average molecular weight is 241 g/mol. The van der Waals surface area contributed by atoms with E-state index in [4.69, 9.17) is 9.47 Å². The van der Waals surface area contributed by atoms with E-state index in [9.17, 15) is 9.59 Å². The zero-order chi connectivity index (χ0) is 12.3. The monoisotopic (exact) mass is 241 g/mol. The fourth-order valence-corrected chi connectivity index (χ4v) is 2.06. The maximum atomic E-state index is 11.5. The van der Waals surface area contributed by atoms with Gasteiger partial charge in [0.1, 0.15) is 0 Å². The molecule has 0 saturated carbocycles. The molecule has 5 nitrogen and oxygen atoms in total. The maximum absolute atomic E-state index is 11.5. The average Bonchev–Trinajstić information content (AvgIpc) is 3.01. The molecule has 0 aromatic heterocycles. The van der Waals surface area contributed by atoms with Gasteiger partial charge in [-0.15, -0.1) is 0 Å². The van der Waals surface area contributed by atoms with Crippen LogP contribution in [-0.4, -0.2) is 36.7 Å². The van der Waals surface area contributed by atoms with Crippen LogP contribution in [0.4, 0.5) is 0 Å². The third-order valence-electron chi connectivity index (χ3n) is 3.20. The molecule has 0 bridgehead atoms. The minimum absolute atomic E-state index is 0.0481. The Morgan fingerprint density at radius 3 is 2.59 bits per heavy atom. The Kier molecular flexibility index (Phi) is 3.99. The third-order valence-corrected chi connectivity index (χ3v) is 3.20. The molecule has 17 heavy (non-hydrogen) atoms. The van der Waals surface area contributed by atoms with Crippen molar-refractivity contribution in [2.24, 2.45) is 0 Å². The van der Waals surface area contributed by atoms with Gasteiger partial charge in [-0.25, -0.2) is 0 Å². The SMILES string of the molecule is CC1CCOC(=O)CC[C@@H]2O[C@H]2CCC(=O)N1. The molecule has 1 amide bonds. The Balaban J connectivity index is 1.85. The van der Waals surface area contributed by atoms with E-state index in [-0.39, 0.29) is 30.1 Å². The van der Waals surface area contributed by atoms with Gasteiger partial charge in [0, 0.05) is 25.3 Å². The summed E-state index contributed by atoms with van der Waals surface area (Å²) in [5.41, 5.74) is 0. The smallest absolute Gasteiger partial charge is 0.305 e. The molecule has 1 unspecified atom stereocenters. The summed E-state index contributed by atoms with van der Waals surface area (Å²) in [6, 6.07) is 0.0481. The highest BCUT2D eigenvalue weighted by Crippen LogP contribution is 2.30. The lowest BCUT2D eigenvalue weighted by atomic mass is 10.1. The van der Waals surface area contributed by atoms with Gasteiger partial charge in [0.2, 0.25) is 5.91 Å². The van der Waals surface area contributed by atoms with Gasteiger partial charge in [-0.3, -0.25) is 9.59 Å². The van der Waals surface area contributed by atoms with Gasteiger partial charge in [0.15, 0.2) is 0 Å². The van der Waals surface area contributed by atoms with Crippen LogP contribution in [0, 0.1) is 0 Å². The third kappa shape index (κ3) is 4.00. The van der Waals surface area contributed by atoms with Gasteiger partial charge in [0.05, 0.1) is 18.8 Å². The summed E-state index contributed by atoms with van der Waals surface area (Å²) in [6.07, 6.45) is 3.34.